The Labute approximate surface area is 112 Å². The quantitative estimate of drug-likeness (QED) is 0.812. The molecule has 0 aliphatic heterocycles. The molecule has 7 heteroatoms. The summed E-state index contributed by atoms with van der Waals surface area (Å²) in [5.41, 5.74) is 0.366. The minimum Gasteiger partial charge on any atom is -0.471 e. The first kappa shape index (κ1) is 13.2. The molecule has 0 fully saturated rings. The summed E-state index contributed by atoms with van der Waals surface area (Å²) in [6, 6.07) is 5.70. The standard InChI is InChI=1S/C12H6ClF2N3O/c13-12-17-5-10(15)11(18-12)19-6-8-2-1-7(4-16)3-9(8)14/h1-3,5H,6H2. The topological polar surface area (TPSA) is 58.8 Å². The largest absolute Gasteiger partial charge is 0.471 e. The van der Waals surface area contributed by atoms with Gasteiger partial charge in [-0.25, -0.2) is 9.37 Å². The smallest absolute Gasteiger partial charge is 0.255 e. The predicted octanol–water partition coefficient (Wildman–Crippen LogP) is 2.86. The summed E-state index contributed by atoms with van der Waals surface area (Å²) in [5, 5.41) is 8.43. The highest BCUT2D eigenvalue weighted by molar-refractivity contribution is 6.28. The minimum absolute atomic E-state index is 0.170. The zero-order valence-corrected chi connectivity index (χ0v) is 10.2. The first-order valence-electron chi connectivity index (χ1n) is 5.09. The maximum Gasteiger partial charge on any atom is 0.255 e. The molecule has 0 spiro atoms. The van der Waals surface area contributed by atoms with Crippen LogP contribution in [-0.4, -0.2) is 9.97 Å². The Kier molecular flexibility index (Phi) is 3.88. The molecule has 0 aliphatic rings. The monoisotopic (exact) mass is 281 g/mol. The van der Waals surface area contributed by atoms with E-state index in [0.717, 1.165) is 12.3 Å². The molecule has 1 heterocycles. The molecule has 19 heavy (non-hydrogen) atoms. The Morgan fingerprint density at radius 1 is 1.32 bits per heavy atom. The first-order valence-corrected chi connectivity index (χ1v) is 5.47. The summed E-state index contributed by atoms with van der Waals surface area (Å²) in [4.78, 5) is 6.96. The molecule has 1 aromatic heterocycles. The van der Waals surface area contributed by atoms with Crippen LogP contribution in [0.25, 0.3) is 0 Å². The van der Waals surface area contributed by atoms with Crippen molar-refractivity contribution in [1.82, 2.24) is 9.97 Å². The van der Waals surface area contributed by atoms with Crippen molar-refractivity contribution in [3.05, 3.63) is 52.4 Å². The van der Waals surface area contributed by atoms with Crippen molar-refractivity contribution >= 4 is 11.6 Å². The molecular formula is C12H6ClF2N3O. The number of nitriles is 1. The Hall–Kier alpha value is -2.26. The average Bonchev–Trinajstić information content (AvgIpc) is 2.40. The highest BCUT2D eigenvalue weighted by Crippen LogP contribution is 2.17. The highest BCUT2D eigenvalue weighted by atomic mass is 35.5. The molecule has 0 amide bonds. The molecule has 0 atom stereocenters. The molecule has 0 bridgehead atoms. The fourth-order valence-corrected chi connectivity index (χ4v) is 1.44. The lowest BCUT2D eigenvalue weighted by Crippen LogP contribution is -2.02. The fourth-order valence-electron chi connectivity index (χ4n) is 1.31. The third kappa shape index (κ3) is 3.14. The van der Waals surface area contributed by atoms with Gasteiger partial charge in [0.25, 0.3) is 5.88 Å². The maximum atomic E-state index is 13.5. The van der Waals surface area contributed by atoms with E-state index in [9.17, 15) is 8.78 Å². The van der Waals surface area contributed by atoms with Crippen LogP contribution in [-0.2, 0) is 6.61 Å². The average molecular weight is 282 g/mol. The van der Waals surface area contributed by atoms with Crippen LogP contribution >= 0.6 is 11.6 Å². The van der Waals surface area contributed by atoms with Gasteiger partial charge in [0.2, 0.25) is 11.1 Å². The maximum absolute atomic E-state index is 13.5. The number of hydrogen-bond acceptors (Lipinski definition) is 4. The van der Waals surface area contributed by atoms with Gasteiger partial charge in [0.05, 0.1) is 17.8 Å². The molecular weight excluding hydrogens is 276 g/mol. The molecule has 0 N–H and O–H groups in total. The summed E-state index contributed by atoms with van der Waals surface area (Å²) in [6.07, 6.45) is 0.861. The molecule has 0 unspecified atom stereocenters. The van der Waals surface area contributed by atoms with Crippen LogP contribution in [0.5, 0.6) is 5.88 Å². The molecule has 0 saturated heterocycles. The third-order valence-corrected chi connectivity index (χ3v) is 2.41. The van der Waals surface area contributed by atoms with Crippen LogP contribution in [0.3, 0.4) is 0 Å². The van der Waals surface area contributed by atoms with E-state index in [4.69, 9.17) is 21.6 Å². The van der Waals surface area contributed by atoms with E-state index in [0.29, 0.717) is 0 Å². The van der Waals surface area contributed by atoms with Crippen molar-refractivity contribution in [2.24, 2.45) is 0 Å². The number of hydrogen-bond donors (Lipinski definition) is 0. The number of aromatic nitrogens is 2. The predicted molar refractivity (Wildman–Crippen MR) is 62.4 cm³/mol. The van der Waals surface area contributed by atoms with Gasteiger partial charge in [-0.15, -0.1) is 0 Å². The Morgan fingerprint density at radius 3 is 2.79 bits per heavy atom. The van der Waals surface area contributed by atoms with E-state index in [1.165, 1.54) is 12.1 Å². The minimum atomic E-state index is -0.793. The number of ether oxygens (including phenoxy) is 1. The third-order valence-electron chi connectivity index (χ3n) is 2.23. The summed E-state index contributed by atoms with van der Waals surface area (Å²) >= 11 is 5.49. The van der Waals surface area contributed by atoms with E-state index >= 15 is 0 Å². The van der Waals surface area contributed by atoms with Gasteiger partial charge in [-0.2, -0.15) is 14.6 Å². The lowest BCUT2D eigenvalue weighted by atomic mass is 10.1. The van der Waals surface area contributed by atoms with Crippen molar-refractivity contribution in [2.45, 2.75) is 6.61 Å². The number of rotatable bonds is 3. The molecule has 2 aromatic rings. The van der Waals surface area contributed by atoms with Crippen LogP contribution < -0.4 is 4.74 Å². The highest BCUT2D eigenvalue weighted by Gasteiger charge is 2.10. The molecule has 4 nitrogen and oxygen atoms in total. The second-order valence-corrected chi connectivity index (χ2v) is 3.84. The molecule has 0 radical (unpaired) electrons. The van der Waals surface area contributed by atoms with E-state index in [-0.39, 0.29) is 28.9 Å². The van der Waals surface area contributed by atoms with Crippen molar-refractivity contribution in [1.29, 1.82) is 5.26 Å². The molecule has 1 aromatic carbocycles. The van der Waals surface area contributed by atoms with Crippen LogP contribution in [0, 0.1) is 23.0 Å². The van der Waals surface area contributed by atoms with Crippen molar-refractivity contribution in [3.63, 3.8) is 0 Å². The second kappa shape index (κ2) is 5.59. The number of nitrogens with zero attached hydrogens (tertiary/aromatic N) is 3. The molecule has 2 rings (SSSR count). The summed E-state index contributed by atoms with van der Waals surface area (Å²) in [7, 11) is 0. The van der Waals surface area contributed by atoms with E-state index in [1.807, 2.05) is 0 Å². The normalized spacial score (nSPS) is 10.0. The Morgan fingerprint density at radius 2 is 2.11 bits per heavy atom. The summed E-state index contributed by atoms with van der Waals surface area (Å²) in [6.45, 7) is -0.234. The van der Waals surface area contributed by atoms with Crippen molar-refractivity contribution in [2.75, 3.05) is 0 Å². The van der Waals surface area contributed by atoms with E-state index in [2.05, 4.69) is 9.97 Å². The van der Waals surface area contributed by atoms with Gasteiger partial charge in [-0.05, 0) is 23.7 Å². The Balaban J connectivity index is 2.15. The van der Waals surface area contributed by atoms with E-state index in [1.54, 1.807) is 6.07 Å². The van der Waals surface area contributed by atoms with Gasteiger partial charge < -0.3 is 4.74 Å². The molecule has 0 aliphatic carbocycles. The van der Waals surface area contributed by atoms with E-state index < -0.39 is 11.6 Å². The van der Waals surface area contributed by atoms with Crippen molar-refractivity contribution in [3.8, 4) is 11.9 Å². The van der Waals surface area contributed by atoms with Gasteiger partial charge in [-0.3, -0.25) is 0 Å². The van der Waals surface area contributed by atoms with Gasteiger partial charge >= 0.3 is 0 Å². The lowest BCUT2D eigenvalue weighted by molar-refractivity contribution is 0.271. The van der Waals surface area contributed by atoms with Gasteiger partial charge in [-0.1, -0.05) is 6.07 Å². The first-order chi connectivity index (χ1) is 9.10. The summed E-state index contributed by atoms with van der Waals surface area (Å²) < 4.78 is 31.8. The summed E-state index contributed by atoms with van der Waals surface area (Å²) in [5.74, 6) is -1.76. The lowest BCUT2D eigenvalue weighted by Gasteiger charge is -2.07. The molecule has 96 valence electrons. The number of halogens is 3. The van der Waals surface area contributed by atoms with Crippen LogP contribution in [0.4, 0.5) is 8.78 Å². The zero-order valence-electron chi connectivity index (χ0n) is 9.40. The molecule has 0 saturated carbocycles. The van der Waals surface area contributed by atoms with Gasteiger partial charge in [0, 0.05) is 5.56 Å². The van der Waals surface area contributed by atoms with Crippen LogP contribution in [0.2, 0.25) is 5.28 Å². The Bertz CT molecular complexity index is 658. The van der Waals surface area contributed by atoms with Gasteiger partial charge in [0.1, 0.15) is 12.4 Å². The number of benzene rings is 1. The SMILES string of the molecule is N#Cc1ccc(COc2nc(Cl)ncc2F)c(F)c1. The fraction of sp³-hybridized carbons (Fsp3) is 0.0833. The van der Waals surface area contributed by atoms with Crippen LogP contribution in [0.15, 0.2) is 24.4 Å². The van der Waals surface area contributed by atoms with Gasteiger partial charge in [0.15, 0.2) is 0 Å². The van der Waals surface area contributed by atoms with Crippen LogP contribution in [0.1, 0.15) is 11.1 Å². The van der Waals surface area contributed by atoms with Crippen molar-refractivity contribution < 1.29 is 13.5 Å². The zero-order chi connectivity index (χ0) is 13.8. The second-order valence-electron chi connectivity index (χ2n) is 3.50.